The number of rotatable bonds is 14. The summed E-state index contributed by atoms with van der Waals surface area (Å²) in [4.78, 5) is 26.5. The Labute approximate surface area is 199 Å². The summed E-state index contributed by atoms with van der Waals surface area (Å²) < 4.78 is 12.8. The van der Waals surface area contributed by atoms with Gasteiger partial charge in [0.25, 0.3) is 0 Å². The molecule has 1 aliphatic rings. The molecule has 2 aromatic heterocycles. The second-order valence-corrected chi connectivity index (χ2v) is 8.37. The van der Waals surface area contributed by atoms with Gasteiger partial charge in [-0.05, 0) is 63.1 Å². The van der Waals surface area contributed by atoms with Crippen molar-refractivity contribution in [1.29, 1.82) is 5.26 Å². The molecule has 0 aliphatic carbocycles. The standard InChI is InChI=1S/C24H32FN7O2/c25-10-4-15-32(14-2-1-6-19-8-7-18-5-3-11-28-22(18)30-19)16-9-20(24(33)34)31-23-21(17-26)27-12-13-29-23/h7-8,12-13,20H,1-6,9-11,14-16H2,(H,28,30)(H,29,31)(H,33,34). The maximum absolute atomic E-state index is 12.8. The summed E-state index contributed by atoms with van der Waals surface area (Å²) >= 11 is 0. The van der Waals surface area contributed by atoms with Gasteiger partial charge in [-0.3, -0.25) is 4.39 Å². The lowest BCUT2D eigenvalue weighted by molar-refractivity contribution is -0.138. The van der Waals surface area contributed by atoms with Gasteiger partial charge in [0.15, 0.2) is 11.5 Å². The van der Waals surface area contributed by atoms with Gasteiger partial charge in [-0.2, -0.15) is 5.26 Å². The molecule has 3 rings (SSSR count). The molecule has 0 saturated heterocycles. The van der Waals surface area contributed by atoms with Crippen LogP contribution in [0.25, 0.3) is 0 Å². The fourth-order valence-corrected chi connectivity index (χ4v) is 4.03. The fourth-order valence-electron chi connectivity index (χ4n) is 4.03. The number of alkyl halides is 1. The Bertz CT molecular complexity index is 982. The number of nitrogens with one attached hydrogen (secondary N) is 2. The van der Waals surface area contributed by atoms with Crippen LogP contribution in [0.15, 0.2) is 24.5 Å². The first kappa shape index (κ1) is 25.3. The molecule has 1 aliphatic heterocycles. The molecule has 0 aromatic carbocycles. The van der Waals surface area contributed by atoms with Gasteiger partial charge in [-0.1, -0.05) is 6.07 Å². The molecule has 9 nitrogen and oxygen atoms in total. The van der Waals surface area contributed by atoms with Gasteiger partial charge in [-0.25, -0.2) is 19.7 Å². The molecule has 0 bridgehead atoms. The molecule has 0 spiro atoms. The number of aromatic nitrogens is 3. The average molecular weight is 470 g/mol. The number of aryl methyl sites for hydroxylation is 2. The zero-order chi connectivity index (χ0) is 24.2. The van der Waals surface area contributed by atoms with Crippen LogP contribution in [0.1, 0.15) is 49.1 Å². The molecule has 1 unspecified atom stereocenters. The van der Waals surface area contributed by atoms with Crippen molar-refractivity contribution in [2.24, 2.45) is 0 Å². The van der Waals surface area contributed by atoms with Gasteiger partial charge in [-0.15, -0.1) is 0 Å². The van der Waals surface area contributed by atoms with Gasteiger partial charge >= 0.3 is 5.97 Å². The third kappa shape index (κ3) is 7.63. The highest BCUT2D eigenvalue weighted by atomic mass is 19.1. The number of hydrogen-bond donors (Lipinski definition) is 3. The lowest BCUT2D eigenvalue weighted by Crippen LogP contribution is -2.36. The van der Waals surface area contributed by atoms with Gasteiger partial charge in [0.2, 0.25) is 0 Å². The Morgan fingerprint density at radius 1 is 1.24 bits per heavy atom. The lowest BCUT2D eigenvalue weighted by Gasteiger charge is -2.24. The monoisotopic (exact) mass is 469 g/mol. The van der Waals surface area contributed by atoms with E-state index in [9.17, 15) is 14.3 Å². The molecule has 3 N–H and O–H groups in total. The number of nitrogens with zero attached hydrogens (tertiary/aromatic N) is 5. The van der Waals surface area contributed by atoms with Crippen LogP contribution in [-0.2, 0) is 17.6 Å². The molecule has 3 heterocycles. The van der Waals surface area contributed by atoms with Crippen LogP contribution in [0.5, 0.6) is 0 Å². The SMILES string of the molecule is N#Cc1nccnc1NC(CCN(CCCF)CCCCc1ccc2c(n1)NCCC2)C(=O)O. The molecule has 0 radical (unpaired) electrons. The van der Waals surface area contributed by atoms with Gasteiger partial charge in [0.1, 0.15) is 17.9 Å². The van der Waals surface area contributed by atoms with Crippen molar-refractivity contribution in [3.63, 3.8) is 0 Å². The molecule has 182 valence electrons. The van der Waals surface area contributed by atoms with E-state index in [2.05, 4.69) is 37.6 Å². The average Bonchev–Trinajstić information content (AvgIpc) is 2.86. The number of carboxylic acids is 1. The number of hydrogen-bond acceptors (Lipinski definition) is 8. The van der Waals surface area contributed by atoms with Crippen molar-refractivity contribution in [2.45, 2.75) is 51.0 Å². The zero-order valence-electron chi connectivity index (χ0n) is 19.3. The van der Waals surface area contributed by atoms with E-state index < -0.39 is 18.7 Å². The van der Waals surface area contributed by atoms with E-state index in [0.29, 0.717) is 25.9 Å². The number of carbonyl (C=O) groups is 1. The maximum atomic E-state index is 12.8. The van der Waals surface area contributed by atoms with E-state index >= 15 is 0 Å². The van der Waals surface area contributed by atoms with E-state index in [1.807, 2.05) is 6.07 Å². The van der Waals surface area contributed by atoms with Crippen molar-refractivity contribution >= 4 is 17.6 Å². The molecular formula is C24H32FN7O2. The third-order valence-electron chi connectivity index (χ3n) is 5.86. The number of fused-ring (bicyclic) bond motifs is 1. The summed E-state index contributed by atoms with van der Waals surface area (Å²) in [5.74, 6) is 0.120. The Balaban J connectivity index is 1.49. The lowest BCUT2D eigenvalue weighted by atomic mass is 10.1. The van der Waals surface area contributed by atoms with Crippen LogP contribution in [0, 0.1) is 11.3 Å². The van der Waals surface area contributed by atoms with Crippen molar-refractivity contribution in [3.8, 4) is 6.07 Å². The minimum absolute atomic E-state index is 0.0500. The van der Waals surface area contributed by atoms with Crippen LogP contribution in [0.2, 0.25) is 0 Å². The summed E-state index contributed by atoms with van der Waals surface area (Å²) in [6, 6.07) is 5.23. The van der Waals surface area contributed by atoms with E-state index in [1.54, 1.807) is 0 Å². The van der Waals surface area contributed by atoms with Gasteiger partial charge < -0.3 is 20.6 Å². The Hall–Kier alpha value is -3.32. The summed E-state index contributed by atoms with van der Waals surface area (Å²) in [5, 5.41) is 25.0. The molecule has 1 atom stereocenters. The molecule has 34 heavy (non-hydrogen) atoms. The van der Waals surface area contributed by atoms with E-state index in [1.165, 1.54) is 18.0 Å². The normalized spacial score (nSPS) is 13.6. The van der Waals surface area contributed by atoms with E-state index in [0.717, 1.165) is 56.7 Å². The Morgan fingerprint density at radius 2 is 2.06 bits per heavy atom. The number of unbranched alkanes of at least 4 members (excludes halogenated alkanes) is 1. The summed E-state index contributed by atoms with van der Waals surface area (Å²) in [7, 11) is 0. The second-order valence-electron chi connectivity index (χ2n) is 8.37. The molecule has 0 amide bonds. The first-order valence-electron chi connectivity index (χ1n) is 11.8. The quantitative estimate of drug-likeness (QED) is 0.358. The number of anilines is 2. The van der Waals surface area contributed by atoms with Crippen molar-refractivity contribution in [3.05, 3.63) is 41.5 Å². The molecule has 10 heteroatoms. The smallest absolute Gasteiger partial charge is 0.326 e. The van der Waals surface area contributed by atoms with Crippen LogP contribution in [-0.4, -0.2) is 69.8 Å². The van der Waals surface area contributed by atoms with Crippen LogP contribution < -0.4 is 10.6 Å². The van der Waals surface area contributed by atoms with Gasteiger partial charge in [0.05, 0.1) is 6.67 Å². The number of halogens is 1. The number of carboxylic acid groups (broad SMARTS) is 1. The largest absolute Gasteiger partial charge is 0.480 e. The second kappa shape index (κ2) is 13.4. The van der Waals surface area contributed by atoms with Crippen molar-refractivity contribution < 1.29 is 14.3 Å². The van der Waals surface area contributed by atoms with Crippen LogP contribution in [0.3, 0.4) is 0 Å². The van der Waals surface area contributed by atoms with Crippen LogP contribution >= 0.6 is 0 Å². The zero-order valence-corrected chi connectivity index (χ0v) is 19.3. The van der Waals surface area contributed by atoms with E-state index in [4.69, 9.17) is 10.2 Å². The van der Waals surface area contributed by atoms with Crippen molar-refractivity contribution in [2.75, 3.05) is 43.5 Å². The molecule has 2 aromatic rings. The highest BCUT2D eigenvalue weighted by Crippen LogP contribution is 2.20. The number of aliphatic carboxylic acids is 1. The molecule has 0 fully saturated rings. The maximum Gasteiger partial charge on any atom is 0.326 e. The predicted octanol–water partition coefficient (Wildman–Crippen LogP) is 3.04. The summed E-state index contributed by atoms with van der Waals surface area (Å²) in [5.41, 5.74) is 2.39. The minimum atomic E-state index is -1.04. The summed E-state index contributed by atoms with van der Waals surface area (Å²) in [6.07, 6.45) is 8.43. The highest BCUT2D eigenvalue weighted by Gasteiger charge is 2.21. The first-order chi connectivity index (χ1) is 16.6. The molecule has 0 saturated carbocycles. The number of pyridine rings is 1. The van der Waals surface area contributed by atoms with Gasteiger partial charge in [0, 0.05) is 37.7 Å². The molecular weight excluding hydrogens is 437 g/mol. The highest BCUT2D eigenvalue weighted by molar-refractivity contribution is 5.77. The topological polar surface area (TPSA) is 127 Å². The van der Waals surface area contributed by atoms with Crippen LogP contribution in [0.4, 0.5) is 16.0 Å². The Kier molecular flexibility index (Phi) is 9.98. The summed E-state index contributed by atoms with van der Waals surface area (Å²) in [6.45, 7) is 2.37. The number of nitriles is 1. The minimum Gasteiger partial charge on any atom is -0.480 e. The Morgan fingerprint density at radius 3 is 2.85 bits per heavy atom. The third-order valence-corrected chi connectivity index (χ3v) is 5.86. The predicted molar refractivity (Wildman–Crippen MR) is 127 cm³/mol. The van der Waals surface area contributed by atoms with E-state index in [-0.39, 0.29) is 11.5 Å². The van der Waals surface area contributed by atoms with Crippen molar-refractivity contribution in [1.82, 2.24) is 19.9 Å². The first-order valence-corrected chi connectivity index (χ1v) is 11.8. The fraction of sp³-hybridized carbons (Fsp3) is 0.542.